The van der Waals surface area contributed by atoms with Gasteiger partial charge in [-0.1, -0.05) is 0 Å². The maximum Gasteiger partial charge on any atom is 0.324 e. The first kappa shape index (κ1) is 10.6. The Morgan fingerprint density at radius 1 is 1.29 bits per heavy atom. The molecule has 0 spiro atoms. The van der Waals surface area contributed by atoms with Gasteiger partial charge in [0.1, 0.15) is 0 Å². The van der Waals surface area contributed by atoms with Crippen LogP contribution in [0.3, 0.4) is 0 Å². The largest absolute Gasteiger partial charge is 0.480 e. The third kappa shape index (κ3) is 2.29. The molecule has 1 aromatic heterocycles. The number of carboxylic acid groups (broad SMARTS) is 2. The monoisotopic (exact) mass is 259 g/mol. The van der Waals surface area contributed by atoms with Crippen molar-refractivity contribution in [3.63, 3.8) is 0 Å². The van der Waals surface area contributed by atoms with Gasteiger partial charge in [-0.2, -0.15) is 0 Å². The van der Waals surface area contributed by atoms with E-state index in [2.05, 4.69) is 20.9 Å². The topological polar surface area (TPSA) is 87.5 Å². The van der Waals surface area contributed by atoms with Gasteiger partial charge in [-0.3, -0.25) is 14.6 Å². The molecule has 0 saturated heterocycles. The molecule has 5 nitrogen and oxygen atoms in total. The van der Waals surface area contributed by atoms with Crippen molar-refractivity contribution in [3.8, 4) is 0 Å². The highest BCUT2D eigenvalue weighted by molar-refractivity contribution is 9.10. The smallest absolute Gasteiger partial charge is 0.324 e. The van der Waals surface area contributed by atoms with Gasteiger partial charge in [0.2, 0.25) is 0 Å². The van der Waals surface area contributed by atoms with Crippen LogP contribution in [-0.2, 0) is 9.59 Å². The number of carboxylic acids is 2. The second-order valence-electron chi connectivity index (χ2n) is 2.51. The van der Waals surface area contributed by atoms with Gasteiger partial charge in [0.15, 0.2) is 5.92 Å². The summed E-state index contributed by atoms with van der Waals surface area (Å²) in [6.07, 6.45) is 1.36. The second-order valence-corrected chi connectivity index (χ2v) is 3.43. The zero-order chi connectivity index (χ0) is 10.7. The van der Waals surface area contributed by atoms with Crippen LogP contribution in [0.5, 0.6) is 0 Å². The number of hydrogen-bond donors (Lipinski definition) is 2. The molecule has 0 saturated carbocycles. The van der Waals surface area contributed by atoms with Gasteiger partial charge >= 0.3 is 11.9 Å². The Morgan fingerprint density at radius 2 is 1.86 bits per heavy atom. The van der Waals surface area contributed by atoms with Crippen molar-refractivity contribution >= 4 is 27.9 Å². The Morgan fingerprint density at radius 3 is 2.21 bits per heavy atom. The molecule has 0 fully saturated rings. The average molecular weight is 260 g/mol. The number of halogens is 1. The first-order valence-electron chi connectivity index (χ1n) is 3.59. The molecule has 14 heavy (non-hydrogen) atoms. The summed E-state index contributed by atoms with van der Waals surface area (Å²) in [5, 5.41) is 17.3. The summed E-state index contributed by atoms with van der Waals surface area (Å²) < 4.78 is 0.663. The first-order chi connectivity index (χ1) is 6.52. The lowest BCUT2D eigenvalue weighted by Crippen LogP contribution is -2.21. The van der Waals surface area contributed by atoms with Crippen LogP contribution < -0.4 is 0 Å². The molecule has 0 aromatic carbocycles. The van der Waals surface area contributed by atoms with Crippen LogP contribution >= 0.6 is 15.9 Å². The molecule has 74 valence electrons. The minimum Gasteiger partial charge on any atom is -0.480 e. The van der Waals surface area contributed by atoms with E-state index in [0.29, 0.717) is 4.47 Å². The predicted molar refractivity (Wildman–Crippen MR) is 49.9 cm³/mol. The zero-order valence-corrected chi connectivity index (χ0v) is 8.43. The lowest BCUT2D eigenvalue weighted by Gasteiger charge is -2.05. The standard InChI is InChI=1S/C8H6BrNO4/c9-4-1-2-5(10-3-4)6(7(11)12)8(13)14/h1-3,6H,(H,11,12)(H,13,14). The van der Waals surface area contributed by atoms with E-state index >= 15 is 0 Å². The lowest BCUT2D eigenvalue weighted by molar-refractivity contribution is -0.150. The van der Waals surface area contributed by atoms with Crippen molar-refractivity contribution in [2.24, 2.45) is 0 Å². The van der Waals surface area contributed by atoms with Crippen molar-refractivity contribution in [2.45, 2.75) is 5.92 Å². The van der Waals surface area contributed by atoms with Gasteiger partial charge in [0, 0.05) is 10.7 Å². The Hall–Kier alpha value is -1.43. The fourth-order valence-electron chi connectivity index (χ4n) is 0.917. The summed E-state index contributed by atoms with van der Waals surface area (Å²) in [7, 11) is 0. The quantitative estimate of drug-likeness (QED) is 0.794. The zero-order valence-electron chi connectivity index (χ0n) is 6.85. The molecule has 0 aliphatic heterocycles. The molecular formula is C8H6BrNO4. The molecule has 0 unspecified atom stereocenters. The molecular weight excluding hydrogens is 254 g/mol. The predicted octanol–water partition coefficient (Wildman–Crippen LogP) is 1.10. The molecule has 1 aromatic rings. The van der Waals surface area contributed by atoms with Crippen molar-refractivity contribution in [2.75, 3.05) is 0 Å². The fraction of sp³-hybridized carbons (Fsp3) is 0.125. The van der Waals surface area contributed by atoms with Crippen LogP contribution in [0.15, 0.2) is 22.8 Å². The van der Waals surface area contributed by atoms with Crippen LogP contribution in [-0.4, -0.2) is 27.1 Å². The van der Waals surface area contributed by atoms with E-state index in [9.17, 15) is 9.59 Å². The number of carbonyl (C=O) groups is 2. The van der Waals surface area contributed by atoms with Gasteiger partial charge in [-0.15, -0.1) is 0 Å². The van der Waals surface area contributed by atoms with Crippen molar-refractivity contribution in [3.05, 3.63) is 28.5 Å². The van der Waals surface area contributed by atoms with E-state index in [4.69, 9.17) is 10.2 Å². The second kappa shape index (κ2) is 4.19. The van der Waals surface area contributed by atoms with Crippen LogP contribution in [0.2, 0.25) is 0 Å². The molecule has 0 aliphatic carbocycles. The minimum atomic E-state index is -1.61. The van der Waals surface area contributed by atoms with Crippen LogP contribution in [0.4, 0.5) is 0 Å². The number of nitrogens with zero attached hydrogens (tertiary/aromatic N) is 1. The van der Waals surface area contributed by atoms with Gasteiger partial charge in [-0.05, 0) is 28.1 Å². The normalized spacial score (nSPS) is 10.1. The molecule has 1 heterocycles. The third-order valence-electron chi connectivity index (χ3n) is 1.54. The number of aromatic nitrogens is 1. The maximum absolute atomic E-state index is 10.6. The SMILES string of the molecule is O=C(O)C(C(=O)O)c1ccc(Br)cn1. The Bertz CT molecular complexity index is 348. The van der Waals surface area contributed by atoms with Crippen molar-refractivity contribution in [1.29, 1.82) is 0 Å². The van der Waals surface area contributed by atoms with Crippen LogP contribution in [0, 0.1) is 0 Å². The average Bonchev–Trinajstić information content (AvgIpc) is 2.07. The highest BCUT2D eigenvalue weighted by Gasteiger charge is 2.28. The van der Waals surface area contributed by atoms with E-state index in [1.165, 1.54) is 12.3 Å². The summed E-state index contributed by atoms with van der Waals surface area (Å²) in [6, 6.07) is 2.90. The molecule has 1 rings (SSSR count). The van der Waals surface area contributed by atoms with Gasteiger partial charge < -0.3 is 10.2 Å². The van der Waals surface area contributed by atoms with E-state index in [1.54, 1.807) is 6.07 Å². The van der Waals surface area contributed by atoms with Crippen molar-refractivity contribution < 1.29 is 19.8 Å². The minimum absolute atomic E-state index is 0.00759. The fourth-order valence-corrected chi connectivity index (χ4v) is 1.15. The van der Waals surface area contributed by atoms with E-state index < -0.39 is 17.9 Å². The van der Waals surface area contributed by atoms with E-state index in [0.717, 1.165) is 0 Å². The Kier molecular flexibility index (Phi) is 3.19. The summed E-state index contributed by atoms with van der Waals surface area (Å²) in [4.78, 5) is 24.9. The molecule has 0 atom stereocenters. The Balaban J connectivity index is 3.06. The van der Waals surface area contributed by atoms with Crippen LogP contribution in [0.1, 0.15) is 11.6 Å². The summed E-state index contributed by atoms with van der Waals surface area (Å²) >= 11 is 3.11. The lowest BCUT2D eigenvalue weighted by atomic mass is 10.1. The number of hydrogen-bond acceptors (Lipinski definition) is 3. The summed E-state index contributed by atoms with van der Waals surface area (Å²) in [6.45, 7) is 0. The van der Waals surface area contributed by atoms with Crippen LogP contribution in [0.25, 0.3) is 0 Å². The van der Waals surface area contributed by atoms with Gasteiger partial charge in [0.05, 0.1) is 5.69 Å². The van der Waals surface area contributed by atoms with E-state index in [1.807, 2.05) is 0 Å². The molecule has 0 aliphatic rings. The molecule has 2 N–H and O–H groups in total. The number of aliphatic carboxylic acids is 2. The summed E-state index contributed by atoms with van der Waals surface area (Å²) in [5.74, 6) is -4.46. The molecule has 0 amide bonds. The van der Waals surface area contributed by atoms with Gasteiger partial charge in [0.25, 0.3) is 0 Å². The van der Waals surface area contributed by atoms with Gasteiger partial charge in [-0.25, -0.2) is 0 Å². The Labute approximate surface area is 87.5 Å². The molecule has 0 radical (unpaired) electrons. The highest BCUT2D eigenvalue weighted by atomic mass is 79.9. The number of rotatable bonds is 3. The highest BCUT2D eigenvalue weighted by Crippen LogP contribution is 2.16. The summed E-state index contributed by atoms with van der Waals surface area (Å²) in [5.41, 5.74) is 0.00759. The van der Waals surface area contributed by atoms with E-state index in [-0.39, 0.29) is 5.69 Å². The number of pyridine rings is 1. The maximum atomic E-state index is 10.6. The van der Waals surface area contributed by atoms with Crippen molar-refractivity contribution in [1.82, 2.24) is 4.98 Å². The molecule has 6 heteroatoms. The molecule has 0 bridgehead atoms. The third-order valence-corrected chi connectivity index (χ3v) is 2.01. The first-order valence-corrected chi connectivity index (χ1v) is 4.38.